The minimum Gasteiger partial charge on any atom is -0.477 e. The Morgan fingerprint density at radius 2 is 0.594 bits per heavy atom. The third kappa shape index (κ3) is 24.8. The predicted octanol–water partition coefficient (Wildman–Crippen LogP) is 14.2. The molecule has 3 aromatic rings. The van der Waals surface area contributed by atoms with E-state index in [2.05, 4.69) is 56.3 Å². The number of carbonyl (C=O) groups is 9. The Bertz CT molecular complexity index is 3080. The maximum Gasteiger partial charge on any atom is 0.348 e. The van der Waals surface area contributed by atoms with Gasteiger partial charge in [0.25, 0.3) is 0 Å². The van der Waals surface area contributed by atoms with Crippen LogP contribution in [0, 0.1) is 105 Å². The summed E-state index contributed by atoms with van der Waals surface area (Å²) in [6.45, 7) is 30.2. The van der Waals surface area contributed by atoms with E-state index in [1.165, 1.54) is 29.4 Å². The molecule has 3 heterocycles. The van der Waals surface area contributed by atoms with Gasteiger partial charge in [0.15, 0.2) is 0 Å². The topological polar surface area (TPSA) is 234 Å². The van der Waals surface area contributed by atoms with Crippen LogP contribution >= 0.6 is 34.0 Å². The maximum atomic E-state index is 13.6. The van der Waals surface area contributed by atoms with Crippen molar-refractivity contribution in [3.63, 3.8) is 0 Å². The van der Waals surface area contributed by atoms with Crippen LogP contribution in [0.3, 0.4) is 0 Å². The first kappa shape index (κ1) is 81.4. The summed E-state index contributed by atoms with van der Waals surface area (Å²) in [5.41, 5.74) is 0.366. The first-order valence-electron chi connectivity index (χ1n) is 33.7. The zero-order valence-corrected chi connectivity index (χ0v) is 63.4. The van der Waals surface area contributed by atoms with Crippen molar-refractivity contribution in [2.75, 3.05) is 76.6 Å². The molecule has 528 valence electrons. The van der Waals surface area contributed by atoms with E-state index in [0.29, 0.717) is 49.4 Å². The first-order valence-corrected chi connectivity index (χ1v) is 36.1. The van der Waals surface area contributed by atoms with Gasteiger partial charge in [0.2, 0.25) is 35.4 Å². The molecule has 3 saturated carbocycles. The summed E-state index contributed by atoms with van der Waals surface area (Å²) in [4.78, 5) is 126. The average Bonchev–Trinajstić information content (AvgIpc) is 1.62. The highest BCUT2D eigenvalue weighted by atomic mass is 32.1. The number of aromatic carboxylic acids is 3. The van der Waals surface area contributed by atoms with Crippen LogP contribution in [0.1, 0.15) is 225 Å². The monoisotopic (exact) mass is 1380 g/mol. The van der Waals surface area contributed by atoms with Crippen molar-refractivity contribution in [3.8, 4) is 35.5 Å². The molecule has 18 nitrogen and oxygen atoms in total. The summed E-state index contributed by atoms with van der Waals surface area (Å²) in [5.74, 6) is 14.7. The maximum absolute atomic E-state index is 13.6. The lowest BCUT2D eigenvalue weighted by atomic mass is 9.82. The third-order valence-corrected chi connectivity index (χ3v) is 20.2. The second kappa shape index (κ2) is 35.5. The molecular weight excluding hydrogens is 1270 g/mol. The first-order chi connectivity index (χ1) is 44.4. The number of anilines is 3. The molecule has 0 bridgehead atoms. The molecule has 96 heavy (non-hydrogen) atoms. The van der Waals surface area contributed by atoms with E-state index in [4.69, 9.17) is 0 Å². The zero-order valence-electron chi connectivity index (χ0n) is 61.0. The fourth-order valence-corrected chi connectivity index (χ4v) is 14.2. The second-order valence-corrected chi connectivity index (χ2v) is 33.7. The number of rotatable bonds is 18. The third-order valence-electron chi connectivity index (χ3n) is 17.1. The summed E-state index contributed by atoms with van der Waals surface area (Å²) in [6, 6.07) is 5.09. The molecule has 3 aromatic heterocycles. The Morgan fingerprint density at radius 3 is 0.760 bits per heavy atom. The fourth-order valence-electron chi connectivity index (χ4n) is 11.6. The molecule has 0 aliphatic heterocycles. The number of hydrogen-bond acceptors (Lipinski definition) is 12. The molecule has 3 atom stereocenters. The van der Waals surface area contributed by atoms with E-state index in [-0.39, 0.29) is 104 Å². The van der Waals surface area contributed by atoms with E-state index < -0.39 is 35.7 Å². The standard InChI is InChI=1S/3C25H36N2O4S/c3*1-16-8-10-18(11-9-16)23(29)27(15-17(2)22(28)26(6)7)20-14-19(12-13-25(3,4)5)32-21(20)24(30)31/h3*14,16-18H,8-11,15H2,1-7H3,(H,30,31)/t2*16?,17-,18?;/m10./s1. The van der Waals surface area contributed by atoms with Crippen LogP contribution in [-0.2, 0) is 28.8 Å². The molecular formula is C75H108N6O12S3. The highest BCUT2D eigenvalue weighted by Gasteiger charge is 2.38. The van der Waals surface area contributed by atoms with Crippen molar-refractivity contribution in [2.24, 2.45) is 69.5 Å². The van der Waals surface area contributed by atoms with Gasteiger partial charge in [-0.1, -0.05) is 77.1 Å². The Balaban J connectivity index is 0.000000306. The SMILES string of the molecule is CC1CCC(C(=O)N(CC(C)C(=O)N(C)C)c2cc(C#CC(C)(C)C)sc2C(=O)O)CC1.CC1CCC(C(=O)N(C[C@@H](C)C(=O)N(C)C)c2cc(C#CC(C)(C)C)sc2C(=O)O)CC1.CC1CCC(C(=O)N(C[C@H](C)C(=O)N(C)C)c2cc(C#CC(C)(C)C)sc2C(=O)O)CC1. The van der Waals surface area contributed by atoms with Crippen molar-refractivity contribution in [1.29, 1.82) is 0 Å². The summed E-state index contributed by atoms with van der Waals surface area (Å²) >= 11 is 3.24. The number of carbonyl (C=O) groups excluding carboxylic acids is 6. The van der Waals surface area contributed by atoms with Crippen molar-refractivity contribution < 1.29 is 58.5 Å². The van der Waals surface area contributed by atoms with Gasteiger partial charge in [-0.2, -0.15) is 0 Å². The van der Waals surface area contributed by atoms with Gasteiger partial charge < -0.3 is 44.7 Å². The minimum absolute atomic E-state index is 0.0882. The van der Waals surface area contributed by atoms with Crippen molar-refractivity contribution in [1.82, 2.24) is 14.7 Å². The summed E-state index contributed by atoms with van der Waals surface area (Å²) in [5, 5.41) is 29.6. The Labute approximate surface area is 584 Å². The van der Waals surface area contributed by atoms with Gasteiger partial charge in [-0.05, 0) is 175 Å². The van der Waals surface area contributed by atoms with Crippen LogP contribution < -0.4 is 14.7 Å². The zero-order chi connectivity index (χ0) is 72.6. The number of nitrogens with zero attached hydrogens (tertiary/aromatic N) is 6. The van der Waals surface area contributed by atoms with Crippen LogP contribution in [0.2, 0.25) is 0 Å². The molecule has 0 radical (unpaired) electrons. The van der Waals surface area contributed by atoms with Gasteiger partial charge in [-0.3, -0.25) is 28.8 Å². The number of amides is 6. The normalized spacial score (nSPS) is 19.5. The van der Waals surface area contributed by atoms with E-state index in [0.717, 1.165) is 111 Å². The van der Waals surface area contributed by atoms with Gasteiger partial charge in [-0.15, -0.1) is 34.0 Å². The fraction of sp³-hybridized carbons (Fsp3) is 0.640. The smallest absolute Gasteiger partial charge is 0.348 e. The van der Waals surface area contributed by atoms with Crippen molar-refractivity contribution >= 4 is 104 Å². The van der Waals surface area contributed by atoms with Crippen molar-refractivity contribution in [3.05, 3.63) is 47.5 Å². The minimum atomic E-state index is -1.09. The molecule has 3 fully saturated rings. The Hall–Kier alpha value is -6.99. The molecule has 0 spiro atoms. The molecule has 3 aliphatic carbocycles. The number of hydrogen-bond donors (Lipinski definition) is 3. The van der Waals surface area contributed by atoms with Gasteiger partial charge in [0.1, 0.15) is 14.6 Å². The van der Waals surface area contributed by atoms with E-state index >= 15 is 0 Å². The largest absolute Gasteiger partial charge is 0.477 e. The lowest BCUT2D eigenvalue weighted by Gasteiger charge is -2.32. The van der Waals surface area contributed by atoms with Crippen LogP contribution in [0.4, 0.5) is 17.1 Å². The van der Waals surface area contributed by atoms with Gasteiger partial charge >= 0.3 is 17.9 Å². The van der Waals surface area contributed by atoms with E-state index in [1.807, 2.05) is 62.3 Å². The second-order valence-electron chi connectivity index (χ2n) is 30.5. The average molecular weight is 1380 g/mol. The predicted molar refractivity (Wildman–Crippen MR) is 387 cm³/mol. The highest BCUT2D eigenvalue weighted by Crippen LogP contribution is 2.40. The van der Waals surface area contributed by atoms with Gasteiger partial charge in [0.05, 0.1) is 49.4 Å². The van der Waals surface area contributed by atoms with E-state index in [9.17, 15) is 58.5 Å². The lowest BCUT2D eigenvalue weighted by Crippen LogP contribution is -2.44. The van der Waals surface area contributed by atoms with Crippen LogP contribution in [-0.4, -0.2) is 145 Å². The Morgan fingerprint density at radius 1 is 0.396 bits per heavy atom. The van der Waals surface area contributed by atoms with E-state index in [1.54, 1.807) is 81.3 Å². The molecule has 0 aromatic carbocycles. The van der Waals surface area contributed by atoms with Crippen LogP contribution in [0.5, 0.6) is 0 Å². The van der Waals surface area contributed by atoms with Gasteiger partial charge in [-0.25, -0.2) is 14.4 Å². The Kier molecular flexibility index (Phi) is 30.1. The molecule has 3 N–H and O–H groups in total. The molecule has 3 aliphatic rings. The molecule has 6 amide bonds. The highest BCUT2D eigenvalue weighted by molar-refractivity contribution is 7.15. The van der Waals surface area contributed by atoms with Crippen LogP contribution in [0.25, 0.3) is 0 Å². The van der Waals surface area contributed by atoms with Crippen molar-refractivity contribution in [2.45, 2.75) is 181 Å². The van der Waals surface area contributed by atoms with Crippen LogP contribution in [0.15, 0.2) is 18.2 Å². The van der Waals surface area contributed by atoms with Gasteiger partial charge in [0, 0.05) is 95.9 Å². The summed E-state index contributed by atoms with van der Waals surface area (Å²) in [7, 11) is 10.1. The molecule has 21 heteroatoms. The summed E-state index contributed by atoms with van der Waals surface area (Å²) in [6.07, 6.45) is 10.6. The lowest BCUT2D eigenvalue weighted by molar-refractivity contribution is -0.133. The molecule has 1 unspecified atom stereocenters. The summed E-state index contributed by atoms with van der Waals surface area (Å²) < 4.78 is 0. The number of thiophene rings is 3. The molecule has 6 rings (SSSR count). The molecule has 0 saturated heterocycles. The number of carboxylic acid groups (broad SMARTS) is 3. The number of carboxylic acids is 3. The quantitative estimate of drug-likeness (QED) is 0.101.